The summed E-state index contributed by atoms with van der Waals surface area (Å²) in [5.41, 5.74) is 0. The van der Waals surface area contributed by atoms with Gasteiger partial charge in [0.1, 0.15) is 6.42 Å². The minimum Gasteiger partial charge on any atom is -0.422 e. The zero-order chi connectivity index (χ0) is 10.2. The molecule has 78 valence electrons. The van der Waals surface area contributed by atoms with Gasteiger partial charge in [-0.2, -0.15) is 0 Å². The molecule has 1 heterocycles. The first-order valence-electron chi connectivity index (χ1n) is 5.01. The highest BCUT2D eigenvalue weighted by atomic mass is 16.7. The maximum absolute atomic E-state index is 11.1. The van der Waals surface area contributed by atoms with Crippen LogP contribution in [0, 0.1) is 5.92 Å². The lowest BCUT2D eigenvalue weighted by molar-refractivity contribution is -0.244. The third kappa shape index (κ3) is 1.89. The maximum atomic E-state index is 11.1. The van der Waals surface area contributed by atoms with E-state index in [0.717, 1.165) is 12.8 Å². The first-order valence-corrected chi connectivity index (χ1v) is 5.01. The molecule has 0 aromatic carbocycles. The fraction of sp³-hybridized carbons (Fsp3) is 0.800. The molecule has 0 spiro atoms. The molecule has 0 aromatic heterocycles. The van der Waals surface area contributed by atoms with Crippen molar-refractivity contribution in [1.82, 2.24) is 0 Å². The number of hydrogen-bond donors (Lipinski definition) is 0. The van der Waals surface area contributed by atoms with Gasteiger partial charge in [0, 0.05) is 13.3 Å². The van der Waals surface area contributed by atoms with E-state index in [4.69, 9.17) is 9.47 Å². The van der Waals surface area contributed by atoms with E-state index < -0.39 is 17.7 Å². The van der Waals surface area contributed by atoms with Gasteiger partial charge in [-0.05, 0) is 5.92 Å². The van der Waals surface area contributed by atoms with Gasteiger partial charge in [0.05, 0.1) is 0 Å². The minimum atomic E-state index is -1.00. The SMILES string of the molecule is CC1(CC2CCC2)OC(=O)CC(=O)O1. The number of ether oxygens (including phenoxy) is 2. The van der Waals surface area contributed by atoms with Crippen molar-refractivity contribution in [3.8, 4) is 0 Å². The second-order valence-corrected chi connectivity index (χ2v) is 4.26. The normalized spacial score (nSPS) is 26.4. The molecule has 0 amide bonds. The zero-order valence-corrected chi connectivity index (χ0v) is 8.25. The van der Waals surface area contributed by atoms with Gasteiger partial charge < -0.3 is 9.47 Å². The first kappa shape index (κ1) is 9.49. The van der Waals surface area contributed by atoms with Crippen molar-refractivity contribution in [3.05, 3.63) is 0 Å². The van der Waals surface area contributed by atoms with E-state index in [2.05, 4.69) is 0 Å². The van der Waals surface area contributed by atoms with Crippen molar-refractivity contribution in [3.63, 3.8) is 0 Å². The Kier molecular flexibility index (Phi) is 2.21. The fourth-order valence-corrected chi connectivity index (χ4v) is 2.00. The standard InChI is InChI=1S/C10H14O4/c1-10(6-7-3-2-4-7)13-8(11)5-9(12)14-10/h7H,2-6H2,1H3. The number of rotatable bonds is 2. The summed E-state index contributed by atoms with van der Waals surface area (Å²) >= 11 is 0. The summed E-state index contributed by atoms with van der Waals surface area (Å²) in [6.07, 6.45) is 3.91. The van der Waals surface area contributed by atoms with E-state index in [0.29, 0.717) is 12.3 Å². The summed E-state index contributed by atoms with van der Waals surface area (Å²) in [6, 6.07) is 0. The summed E-state index contributed by atoms with van der Waals surface area (Å²) < 4.78 is 10.1. The monoisotopic (exact) mass is 198 g/mol. The number of carbonyl (C=O) groups is 2. The summed E-state index contributed by atoms with van der Waals surface area (Å²) in [5.74, 6) is -1.40. The van der Waals surface area contributed by atoms with Crippen molar-refractivity contribution in [2.45, 2.75) is 44.8 Å². The van der Waals surface area contributed by atoms with Gasteiger partial charge in [-0.15, -0.1) is 0 Å². The molecule has 2 rings (SSSR count). The number of cyclic esters (lactones) is 2. The van der Waals surface area contributed by atoms with Crippen molar-refractivity contribution >= 4 is 11.9 Å². The summed E-state index contributed by atoms with van der Waals surface area (Å²) in [4.78, 5) is 22.1. The lowest BCUT2D eigenvalue weighted by Gasteiger charge is -2.37. The van der Waals surface area contributed by atoms with Crippen LogP contribution in [0.25, 0.3) is 0 Å². The van der Waals surface area contributed by atoms with E-state index >= 15 is 0 Å². The highest BCUT2D eigenvalue weighted by Crippen LogP contribution is 2.37. The van der Waals surface area contributed by atoms with Gasteiger partial charge in [0.25, 0.3) is 5.79 Å². The second kappa shape index (κ2) is 3.26. The molecule has 14 heavy (non-hydrogen) atoms. The molecular formula is C10H14O4. The van der Waals surface area contributed by atoms with Crippen molar-refractivity contribution < 1.29 is 19.1 Å². The van der Waals surface area contributed by atoms with Crippen LogP contribution in [0.2, 0.25) is 0 Å². The van der Waals surface area contributed by atoms with Crippen LogP contribution in [0.1, 0.15) is 39.0 Å². The Hall–Kier alpha value is -1.06. The molecule has 0 bridgehead atoms. The van der Waals surface area contributed by atoms with E-state index in [1.165, 1.54) is 6.42 Å². The Labute approximate surface area is 82.6 Å². The Bertz CT molecular complexity index is 251. The van der Waals surface area contributed by atoms with Crippen LogP contribution >= 0.6 is 0 Å². The van der Waals surface area contributed by atoms with Crippen LogP contribution in [0.4, 0.5) is 0 Å². The Balaban J connectivity index is 1.97. The summed E-state index contributed by atoms with van der Waals surface area (Å²) in [6.45, 7) is 1.67. The second-order valence-electron chi connectivity index (χ2n) is 4.26. The smallest absolute Gasteiger partial charge is 0.320 e. The van der Waals surface area contributed by atoms with Crippen LogP contribution in [-0.4, -0.2) is 17.7 Å². The van der Waals surface area contributed by atoms with Gasteiger partial charge in [-0.25, -0.2) is 0 Å². The predicted octanol–water partition coefficient (Wildman–Crippen LogP) is 1.38. The fourth-order valence-electron chi connectivity index (χ4n) is 2.00. The molecule has 1 saturated carbocycles. The van der Waals surface area contributed by atoms with Crippen LogP contribution < -0.4 is 0 Å². The summed E-state index contributed by atoms with van der Waals surface area (Å²) in [7, 11) is 0. The van der Waals surface area contributed by atoms with Gasteiger partial charge in [0.15, 0.2) is 0 Å². The van der Waals surface area contributed by atoms with E-state index in [1.54, 1.807) is 6.92 Å². The quantitative estimate of drug-likeness (QED) is 0.497. The number of carbonyl (C=O) groups excluding carboxylic acids is 2. The average Bonchev–Trinajstić information content (AvgIpc) is 1.94. The molecule has 4 heteroatoms. The van der Waals surface area contributed by atoms with E-state index in [9.17, 15) is 9.59 Å². The number of hydrogen-bond acceptors (Lipinski definition) is 4. The van der Waals surface area contributed by atoms with Crippen molar-refractivity contribution in [2.75, 3.05) is 0 Å². The molecule has 0 radical (unpaired) electrons. The van der Waals surface area contributed by atoms with Crippen LogP contribution in [0.5, 0.6) is 0 Å². The van der Waals surface area contributed by atoms with Gasteiger partial charge in [-0.3, -0.25) is 9.59 Å². The third-order valence-electron chi connectivity index (χ3n) is 2.83. The molecule has 0 unspecified atom stereocenters. The molecule has 2 aliphatic rings. The maximum Gasteiger partial charge on any atom is 0.320 e. The molecule has 1 saturated heterocycles. The number of esters is 2. The molecule has 0 atom stereocenters. The van der Waals surface area contributed by atoms with Gasteiger partial charge in [-0.1, -0.05) is 19.3 Å². The summed E-state index contributed by atoms with van der Waals surface area (Å²) in [5, 5.41) is 0. The molecule has 2 fully saturated rings. The highest BCUT2D eigenvalue weighted by Gasteiger charge is 2.41. The Morgan fingerprint density at radius 3 is 2.29 bits per heavy atom. The molecule has 0 aromatic rings. The molecule has 0 N–H and O–H groups in total. The van der Waals surface area contributed by atoms with Crippen molar-refractivity contribution in [1.29, 1.82) is 0 Å². The van der Waals surface area contributed by atoms with Crippen LogP contribution in [0.15, 0.2) is 0 Å². The Morgan fingerprint density at radius 2 is 1.86 bits per heavy atom. The highest BCUT2D eigenvalue weighted by molar-refractivity contribution is 5.93. The zero-order valence-electron chi connectivity index (χ0n) is 8.25. The molecular weight excluding hydrogens is 184 g/mol. The first-order chi connectivity index (χ1) is 6.57. The average molecular weight is 198 g/mol. The molecule has 1 aliphatic carbocycles. The largest absolute Gasteiger partial charge is 0.422 e. The van der Waals surface area contributed by atoms with E-state index in [1.807, 2.05) is 0 Å². The van der Waals surface area contributed by atoms with Crippen LogP contribution in [-0.2, 0) is 19.1 Å². The lowest BCUT2D eigenvalue weighted by atomic mass is 9.80. The van der Waals surface area contributed by atoms with Crippen molar-refractivity contribution in [2.24, 2.45) is 5.92 Å². The third-order valence-corrected chi connectivity index (χ3v) is 2.83. The van der Waals surface area contributed by atoms with Gasteiger partial charge in [0.2, 0.25) is 0 Å². The molecule has 4 nitrogen and oxygen atoms in total. The van der Waals surface area contributed by atoms with Crippen LogP contribution in [0.3, 0.4) is 0 Å². The molecule has 1 aliphatic heterocycles. The van der Waals surface area contributed by atoms with E-state index in [-0.39, 0.29) is 6.42 Å². The lowest BCUT2D eigenvalue weighted by Crippen LogP contribution is -2.44. The topological polar surface area (TPSA) is 52.6 Å². The Morgan fingerprint density at radius 1 is 1.29 bits per heavy atom. The predicted molar refractivity (Wildman–Crippen MR) is 47.2 cm³/mol. The van der Waals surface area contributed by atoms with Gasteiger partial charge >= 0.3 is 11.9 Å². The minimum absolute atomic E-state index is 0.250.